The van der Waals surface area contributed by atoms with Crippen LogP contribution < -0.4 is 0 Å². The van der Waals surface area contributed by atoms with Gasteiger partial charge in [0.15, 0.2) is 0 Å². The first-order valence-electron chi connectivity index (χ1n) is 11.5. The van der Waals surface area contributed by atoms with Gasteiger partial charge in [0.05, 0.1) is 23.0 Å². The summed E-state index contributed by atoms with van der Waals surface area (Å²) in [6, 6.07) is 16.3. The van der Waals surface area contributed by atoms with Gasteiger partial charge in [0.25, 0.3) is 5.91 Å². The number of likely N-dealkylation sites (tertiary alicyclic amines) is 1. The van der Waals surface area contributed by atoms with Crippen LogP contribution in [-0.2, 0) is 5.60 Å². The minimum absolute atomic E-state index is 0.0478. The minimum atomic E-state index is -0.867. The molecule has 0 spiro atoms. The van der Waals surface area contributed by atoms with E-state index in [9.17, 15) is 9.90 Å². The van der Waals surface area contributed by atoms with Crippen molar-refractivity contribution in [3.63, 3.8) is 0 Å². The summed E-state index contributed by atoms with van der Waals surface area (Å²) < 4.78 is 2.11. The molecule has 2 aromatic carbocycles. The number of imidazole rings is 1. The van der Waals surface area contributed by atoms with Crippen LogP contribution in [-0.4, -0.2) is 38.1 Å². The number of amides is 1. The quantitative estimate of drug-likeness (QED) is 0.659. The van der Waals surface area contributed by atoms with Crippen LogP contribution in [0.1, 0.15) is 67.9 Å². The molecule has 1 aliphatic carbocycles. The van der Waals surface area contributed by atoms with E-state index in [-0.39, 0.29) is 23.9 Å². The van der Waals surface area contributed by atoms with Crippen molar-refractivity contribution in [2.75, 3.05) is 6.54 Å². The number of carbonyl (C=O) groups is 1. The minimum Gasteiger partial charge on any atom is -0.385 e. The van der Waals surface area contributed by atoms with Crippen LogP contribution in [0.15, 0.2) is 54.9 Å². The van der Waals surface area contributed by atoms with Crippen LogP contribution in [0.25, 0.3) is 11.0 Å². The van der Waals surface area contributed by atoms with Crippen molar-refractivity contribution in [3.05, 3.63) is 66.0 Å². The molecule has 1 amide bonds. The highest BCUT2D eigenvalue weighted by atomic mass is 16.3. The highest BCUT2D eigenvalue weighted by Gasteiger charge is 2.50. The van der Waals surface area contributed by atoms with Crippen LogP contribution in [0.4, 0.5) is 0 Å². The topological polar surface area (TPSA) is 58.4 Å². The number of fused-ring (bicyclic) bond motifs is 2. The fraction of sp³-hybridized carbons (Fsp3) is 0.462. The summed E-state index contributed by atoms with van der Waals surface area (Å²) in [6.07, 6.45) is 6.50. The van der Waals surface area contributed by atoms with Crippen molar-refractivity contribution in [1.29, 1.82) is 0 Å². The Kier molecular flexibility index (Phi) is 5.09. The predicted octanol–water partition coefficient (Wildman–Crippen LogP) is 4.91. The third-order valence-corrected chi connectivity index (χ3v) is 7.40. The summed E-state index contributed by atoms with van der Waals surface area (Å²) >= 11 is 0. The van der Waals surface area contributed by atoms with Crippen LogP contribution >= 0.6 is 0 Å². The molecule has 5 heteroatoms. The van der Waals surface area contributed by atoms with Gasteiger partial charge >= 0.3 is 0 Å². The molecule has 2 fully saturated rings. The average Bonchev–Trinajstić information content (AvgIpc) is 3.24. The molecule has 31 heavy (non-hydrogen) atoms. The van der Waals surface area contributed by atoms with Gasteiger partial charge in [0.2, 0.25) is 0 Å². The van der Waals surface area contributed by atoms with Crippen LogP contribution in [0.5, 0.6) is 0 Å². The van der Waals surface area contributed by atoms with Crippen molar-refractivity contribution in [3.8, 4) is 0 Å². The fourth-order valence-corrected chi connectivity index (χ4v) is 5.82. The molecular weight excluding hydrogens is 386 g/mol. The molecule has 0 unspecified atom stereocenters. The van der Waals surface area contributed by atoms with E-state index >= 15 is 0 Å². The van der Waals surface area contributed by atoms with Gasteiger partial charge in [0, 0.05) is 24.5 Å². The standard InChI is InChI=1S/C26H31N3O2/c1-18(2)29-17-27-24-20(11-8-14-23(24)29)25(30)28-16-15-26(31,19-9-4-3-5-10-19)21-12-6-7-13-22(21)28/h3-5,8-11,14,17-18,21-22,31H,6-7,12-13,15-16H2,1-2H3/t21-,22+,26-/m0/s1. The maximum absolute atomic E-state index is 13.8. The predicted molar refractivity (Wildman–Crippen MR) is 122 cm³/mol. The number of benzene rings is 2. The second-order valence-electron chi connectivity index (χ2n) is 9.42. The summed E-state index contributed by atoms with van der Waals surface area (Å²) in [4.78, 5) is 20.4. The lowest BCUT2D eigenvalue weighted by atomic mass is 9.66. The number of hydrogen-bond donors (Lipinski definition) is 1. The maximum Gasteiger partial charge on any atom is 0.256 e. The average molecular weight is 418 g/mol. The van der Waals surface area contributed by atoms with E-state index in [4.69, 9.17) is 0 Å². The number of nitrogens with zero attached hydrogens (tertiary/aromatic N) is 3. The molecule has 3 aromatic rings. The monoisotopic (exact) mass is 417 g/mol. The van der Waals surface area contributed by atoms with Crippen molar-refractivity contribution >= 4 is 16.9 Å². The summed E-state index contributed by atoms with van der Waals surface area (Å²) in [6.45, 7) is 4.81. The number of aromatic nitrogens is 2. The van der Waals surface area contributed by atoms with Gasteiger partial charge in [-0.3, -0.25) is 4.79 Å². The van der Waals surface area contributed by atoms with Crippen LogP contribution in [0, 0.1) is 5.92 Å². The van der Waals surface area contributed by atoms with E-state index in [1.165, 1.54) is 0 Å². The first kappa shape index (κ1) is 20.3. The molecule has 162 valence electrons. The lowest BCUT2D eigenvalue weighted by Gasteiger charge is -2.52. The summed E-state index contributed by atoms with van der Waals surface area (Å²) in [5.74, 6) is 0.111. The smallest absolute Gasteiger partial charge is 0.256 e. The zero-order valence-electron chi connectivity index (χ0n) is 18.4. The Bertz CT molecular complexity index is 1090. The largest absolute Gasteiger partial charge is 0.385 e. The highest BCUT2D eigenvalue weighted by Crippen LogP contribution is 2.47. The SMILES string of the molecule is CC(C)n1cnc2c(C(=O)N3CC[C@](O)(c4ccccc4)[C@H]4CCCC[C@H]43)cccc21. The molecule has 1 aliphatic heterocycles. The summed E-state index contributed by atoms with van der Waals surface area (Å²) in [5, 5.41) is 11.8. The number of piperidine rings is 1. The fourth-order valence-electron chi connectivity index (χ4n) is 5.82. The number of hydrogen-bond acceptors (Lipinski definition) is 3. The van der Waals surface area contributed by atoms with Gasteiger partial charge in [-0.1, -0.05) is 49.2 Å². The number of carbonyl (C=O) groups excluding carboxylic acids is 1. The molecule has 1 saturated carbocycles. The van der Waals surface area contributed by atoms with E-state index in [0.29, 0.717) is 18.5 Å². The van der Waals surface area contributed by atoms with Crippen molar-refractivity contribution < 1.29 is 9.90 Å². The second-order valence-corrected chi connectivity index (χ2v) is 9.42. The van der Waals surface area contributed by atoms with Crippen molar-refractivity contribution in [2.24, 2.45) is 5.92 Å². The lowest BCUT2D eigenvalue weighted by Crippen LogP contribution is -2.59. The molecule has 1 saturated heterocycles. The Morgan fingerprint density at radius 1 is 1.10 bits per heavy atom. The van der Waals surface area contributed by atoms with Gasteiger partial charge in [-0.15, -0.1) is 0 Å². The molecule has 2 aliphatic rings. The molecule has 5 rings (SSSR count). The lowest BCUT2D eigenvalue weighted by molar-refractivity contribution is -0.110. The molecule has 1 aromatic heterocycles. The van der Waals surface area contributed by atoms with E-state index in [0.717, 1.165) is 42.3 Å². The number of para-hydroxylation sites is 1. The summed E-state index contributed by atoms with van der Waals surface area (Å²) in [5.41, 5.74) is 2.56. The molecular formula is C26H31N3O2. The first-order valence-corrected chi connectivity index (χ1v) is 11.5. The van der Waals surface area contributed by atoms with Crippen LogP contribution in [0.2, 0.25) is 0 Å². The van der Waals surface area contributed by atoms with Crippen LogP contribution in [0.3, 0.4) is 0 Å². The summed E-state index contributed by atoms with van der Waals surface area (Å²) in [7, 11) is 0. The molecule has 5 nitrogen and oxygen atoms in total. The van der Waals surface area contributed by atoms with Gasteiger partial charge < -0.3 is 14.6 Å². The zero-order valence-corrected chi connectivity index (χ0v) is 18.4. The highest BCUT2D eigenvalue weighted by molar-refractivity contribution is 6.05. The molecule has 1 N–H and O–H groups in total. The second kappa shape index (κ2) is 7.79. The van der Waals surface area contributed by atoms with Gasteiger partial charge in [-0.2, -0.15) is 0 Å². The zero-order chi connectivity index (χ0) is 21.6. The van der Waals surface area contributed by atoms with E-state index in [1.54, 1.807) is 0 Å². The molecule has 2 heterocycles. The van der Waals surface area contributed by atoms with E-state index < -0.39 is 5.60 Å². The third-order valence-electron chi connectivity index (χ3n) is 7.40. The van der Waals surface area contributed by atoms with E-state index in [1.807, 2.05) is 59.8 Å². The van der Waals surface area contributed by atoms with Gasteiger partial charge in [-0.05, 0) is 50.8 Å². The Morgan fingerprint density at radius 3 is 2.65 bits per heavy atom. The maximum atomic E-state index is 13.8. The van der Waals surface area contributed by atoms with Gasteiger partial charge in [0.1, 0.15) is 5.52 Å². The Morgan fingerprint density at radius 2 is 1.87 bits per heavy atom. The molecule has 0 bridgehead atoms. The Balaban J connectivity index is 1.51. The van der Waals surface area contributed by atoms with Gasteiger partial charge in [-0.25, -0.2) is 4.98 Å². The normalized spacial score (nSPS) is 26.3. The Labute approximate surface area is 183 Å². The number of rotatable bonds is 3. The van der Waals surface area contributed by atoms with Crippen molar-refractivity contribution in [1.82, 2.24) is 14.5 Å². The van der Waals surface area contributed by atoms with E-state index in [2.05, 4.69) is 23.4 Å². The Hall–Kier alpha value is -2.66. The third kappa shape index (κ3) is 3.26. The van der Waals surface area contributed by atoms with Crippen molar-refractivity contribution in [2.45, 2.75) is 63.6 Å². The molecule has 0 radical (unpaired) electrons. The molecule has 3 atom stereocenters. The number of aliphatic hydroxyl groups is 1. The first-order chi connectivity index (χ1) is 15.0.